The molecule has 2 amide bonds. The van der Waals surface area contributed by atoms with Crippen LogP contribution in [0.3, 0.4) is 0 Å². The number of aryl methyl sites for hydroxylation is 1. The van der Waals surface area contributed by atoms with Crippen molar-refractivity contribution < 1.29 is 19.1 Å². The van der Waals surface area contributed by atoms with Gasteiger partial charge in [-0.15, -0.1) is 12.4 Å². The monoisotopic (exact) mass is 409 g/mol. The van der Waals surface area contributed by atoms with Gasteiger partial charge in [0.1, 0.15) is 0 Å². The number of ether oxygens (including phenoxy) is 2. The summed E-state index contributed by atoms with van der Waals surface area (Å²) in [7, 11) is 4.78. The zero-order valence-electron chi connectivity index (χ0n) is 15.9. The largest absolute Gasteiger partial charge is 0.493 e. The number of hydrogen-bond donors (Lipinski definition) is 3. The maximum Gasteiger partial charge on any atom is 0.250 e. The van der Waals surface area contributed by atoms with Crippen molar-refractivity contribution in [3.05, 3.63) is 35.7 Å². The summed E-state index contributed by atoms with van der Waals surface area (Å²) in [5.41, 5.74) is 6.91. The molecule has 1 aromatic heterocycles. The number of nitrogens with zero attached hydrogens (tertiary/aromatic N) is 2. The minimum Gasteiger partial charge on any atom is -0.493 e. The first kappa shape index (κ1) is 21.5. The Balaban J connectivity index is 0.00000280. The molecule has 10 heteroatoms. The highest BCUT2D eigenvalue weighted by Crippen LogP contribution is 2.34. The molecule has 2 atom stereocenters. The average Bonchev–Trinajstić information content (AvgIpc) is 3.29. The number of aromatic nitrogens is 2. The molecule has 1 aliphatic rings. The molecule has 0 saturated carbocycles. The molecular formula is C18H24ClN5O4. The van der Waals surface area contributed by atoms with Crippen molar-refractivity contribution in [2.45, 2.75) is 5.92 Å². The quantitative estimate of drug-likeness (QED) is 0.651. The molecule has 0 aliphatic carbocycles. The van der Waals surface area contributed by atoms with E-state index >= 15 is 0 Å². The Morgan fingerprint density at radius 2 is 1.93 bits per heavy atom. The molecule has 9 nitrogen and oxygen atoms in total. The second-order valence-electron chi connectivity index (χ2n) is 6.42. The molecule has 1 aliphatic heterocycles. The van der Waals surface area contributed by atoms with E-state index in [1.165, 1.54) is 26.4 Å². The number of rotatable bonds is 6. The Morgan fingerprint density at radius 1 is 1.25 bits per heavy atom. The van der Waals surface area contributed by atoms with Crippen LogP contribution in [-0.2, 0) is 11.8 Å². The van der Waals surface area contributed by atoms with Crippen LogP contribution in [-0.4, -0.2) is 48.9 Å². The van der Waals surface area contributed by atoms with Gasteiger partial charge in [0.05, 0.1) is 37.6 Å². The number of carbonyl (C=O) groups is 2. The Kier molecular flexibility index (Phi) is 6.87. The highest BCUT2D eigenvalue weighted by Gasteiger charge is 2.35. The molecule has 1 saturated heterocycles. The molecule has 0 unspecified atom stereocenters. The highest BCUT2D eigenvalue weighted by atomic mass is 35.5. The summed E-state index contributed by atoms with van der Waals surface area (Å²) in [6.07, 6.45) is 3.67. The van der Waals surface area contributed by atoms with Crippen molar-refractivity contribution in [1.29, 1.82) is 0 Å². The fourth-order valence-electron chi connectivity index (χ4n) is 3.35. The van der Waals surface area contributed by atoms with Gasteiger partial charge in [-0.1, -0.05) is 0 Å². The van der Waals surface area contributed by atoms with Gasteiger partial charge in [-0.05, 0) is 11.6 Å². The maximum atomic E-state index is 12.9. The van der Waals surface area contributed by atoms with Gasteiger partial charge in [-0.25, -0.2) is 0 Å². The van der Waals surface area contributed by atoms with Crippen molar-refractivity contribution >= 4 is 29.9 Å². The summed E-state index contributed by atoms with van der Waals surface area (Å²) in [5, 5.41) is 10.2. The summed E-state index contributed by atoms with van der Waals surface area (Å²) in [5.74, 6) is -0.423. The summed E-state index contributed by atoms with van der Waals surface area (Å²) in [4.78, 5) is 24.8. The smallest absolute Gasteiger partial charge is 0.250 e. The standard InChI is InChI=1S/C18H23N5O4.ClH/c1-23-9-10(6-21-23)12-7-20-8-13(12)18(25)22-14-5-16(27-3)15(26-2)4-11(14)17(19)24;/h4-6,9,12-13,20H,7-8H2,1-3H3,(H2,19,24)(H,22,25);1H/t12-,13+;/m1./s1. The van der Waals surface area contributed by atoms with Crippen LogP contribution >= 0.6 is 12.4 Å². The number of benzene rings is 1. The fraction of sp³-hybridized carbons (Fsp3) is 0.389. The Labute approximate surface area is 169 Å². The van der Waals surface area contributed by atoms with Crippen LogP contribution < -0.4 is 25.8 Å². The van der Waals surface area contributed by atoms with E-state index in [1.54, 1.807) is 10.9 Å². The lowest BCUT2D eigenvalue weighted by molar-refractivity contribution is -0.119. The highest BCUT2D eigenvalue weighted by molar-refractivity contribution is 6.04. The third kappa shape index (κ3) is 4.20. The topological polar surface area (TPSA) is 121 Å². The normalized spacial score (nSPS) is 18.2. The number of nitrogens with two attached hydrogens (primary N) is 1. The van der Waals surface area contributed by atoms with Crippen LogP contribution in [0.4, 0.5) is 5.69 Å². The Bertz CT molecular complexity index is 870. The van der Waals surface area contributed by atoms with Crippen molar-refractivity contribution in [3.63, 3.8) is 0 Å². The van der Waals surface area contributed by atoms with Gasteiger partial charge < -0.3 is 25.8 Å². The Hall–Kier alpha value is -2.78. The average molecular weight is 410 g/mol. The number of nitrogens with one attached hydrogen (secondary N) is 2. The molecule has 152 valence electrons. The van der Waals surface area contributed by atoms with Crippen molar-refractivity contribution in [3.8, 4) is 11.5 Å². The van der Waals surface area contributed by atoms with Crippen LogP contribution in [0.5, 0.6) is 11.5 Å². The van der Waals surface area contributed by atoms with Crippen LogP contribution in [0.2, 0.25) is 0 Å². The molecule has 2 heterocycles. The minimum absolute atomic E-state index is 0. The minimum atomic E-state index is -0.667. The van der Waals surface area contributed by atoms with E-state index in [2.05, 4.69) is 15.7 Å². The lowest BCUT2D eigenvalue weighted by Crippen LogP contribution is -2.29. The molecule has 0 spiro atoms. The predicted octanol–water partition coefficient (Wildman–Crippen LogP) is 0.900. The van der Waals surface area contributed by atoms with Gasteiger partial charge in [-0.2, -0.15) is 5.10 Å². The van der Waals surface area contributed by atoms with Gasteiger partial charge in [0.2, 0.25) is 5.91 Å². The molecule has 28 heavy (non-hydrogen) atoms. The van der Waals surface area contributed by atoms with Crippen LogP contribution in [0.25, 0.3) is 0 Å². The molecule has 3 rings (SSSR count). The maximum absolute atomic E-state index is 12.9. The first-order chi connectivity index (χ1) is 12.9. The zero-order chi connectivity index (χ0) is 19.6. The third-order valence-electron chi connectivity index (χ3n) is 4.75. The molecule has 0 radical (unpaired) electrons. The zero-order valence-corrected chi connectivity index (χ0v) is 16.7. The number of amides is 2. The van der Waals surface area contributed by atoms with Crippen molar-refractivity contribution in [2.24, 2.45) is 18.7 Å². The first-order valence-electron chi connectivity index (χ1n) is 8.50. The van der Waals surface area contributed by atoms with E-state index in [4.69, 9.17) is 15.2 Å². The number of primary amides is 1. The first-order valence-corrected chi connectivity index (χ1v) is 8.50. The third-order valence-corrected chi connectivity index (χ3v) is 4.75. The van der Waals surface area contributed by atoms with E-state index < -0.39 is 5.91 Å². The van der Waals surface area contributed by atoms with E-state index in [0.717, 1.165) is 5.56 Å². The van der Waals surface area contributed by atoms with Crippen LogP contribution in [0, 0.1) is 5.92 Å². The lowest BCUT2D eigenvalue weighted by atomic mass is 9.90. The molecule has 2 aromatic rings. The van der Waals surface area contributed by atoms with Crippen LogP contribution in [0.1, 0.15) is 21.8 Å². The van der Waals surface area contributed by atoms with E-state index in [0.29, 0.717) is 30.3 Å². The van der Waals surface area contributed by atoms with Gasteiger partial charge in [0.15, 0.2) is 11.5 Å². The summed E-state index contributed by atoms with van der Waals surface area (Å²) < 4.78 is 12.2. The molecule has 4 N–H and O–H groups in total. The second kappa shape index (κ2) is 8.94. The van der Waals surface area contributed by atoms with Crippen molar-refractivity contribution in [2.75, 3.05) is 32.6 Å². The van der Waals surface area contributed by atoms with E-state index in [1.807, 2.05) is 13.2 Å². The molecule has 0 bridgehead atoms. The van der Waals surface area contributed by atoms with Crippen molar-refractivity contribution in [1.82, 2.24) is 15.1 Å². The van der Waals surface area contributed by atoms with Gasteiger partial charge in [0, 0.05) is 38.3 Å². The number of methoxy groups -OCH3 is 2. The summed E-state index contributed by atoms with van der Waals surface area (Å²) in [6, 6.07) is 3.00. The van der Waals surface area contributed by atoms with Gasteiger partial charge in [0.25, 0.3) is 5.91 Å². The van der Waals surface area contributed by atoms with Crippen LogP contribution in [0.15, 0.2) is 24.5 Å². The van der Waals surface area contributed by atoms with Gasteiger partial charge >= 0.3 is 0 Å². The molecule has 1 fully saturated rings. The summed E-state index contributed by atoms with van der Waals surface area (Å²) >= 11 is 0. The molecular weight excluding hydrogens is 386 g/mol. The molecule has 1 aromatic carbocycles. The predicted molar refractivity (Wildman–Crippen MR) is 106 cm³/mol. The van der Waals surface area contributed by atoms with E-state index in [-0.39, 0.29) is 35.7 Å². The Morgan fingerprint density at radius 3 is 2.50 bits per heavy atom. The summed E-state index contributed by atoms with van der Waals surface area (Å²) in [6.45, 7) is 1.21. The van der Waals surface area contributed by atoms with E-state index in [9.17, 15) is 9.59 Å². The fourth-order valence-corrected chi connectivity index (χ4v) is 3.35. The second-order valence-corrected chi connectivity index (χ2v) is 6.42. The number of carbonyl (C=O) groups excluding carboxylic acids is 2. The number of halogens is 1. The lowest BCUT2D eigenvalue weighted by Gasteiger charge is -2.19. The van der Waals surface area contributed by atoms with Gasteiger partial charge in [-0.3, -0.25) is 14.3 Å². The number of anilines is 1. The SMILES string of the molecule is COc1cc(NC(=O)[C@H]2CNC[C@@H]2c2cnn(C)c2)c(C(N)=O)cc1OC.Cl. The number of hydrogen-bond acceptors (Lipinski definition) is 6.